The first kappa shape index (κ1) is 18.5. The van der Waals surface area contributed by atoms with Gasteiger partial charge in [-0.1, -0.05) is 23.8 Å². The molecule has 1 N–H and O–H groups in total. The Kier molecular flexibility index (Phi) is 5.94. The van der Waals surface area contributed by atoms with Crippen molar-refractivity contribution in [1.82, 2.24) is 5.32 Å². The van der Waals surface area contributed by atoms with Crippen LogP contribution in [0.2, 0.25) is 0 Å². The number of hydrogen-bond acceptors (Lipinski definition) is 3. The Morgan fingerprint density at radius 1 is 1.23 bits per heavy atom. The molecule has 1 aliphatic heterocycles. The Labute approximate surface area is 155 Å². The first-order valence-electron chi connectivity index (χ1n) is 9.25. The lowest BCUT2D eigenvalue weighted by molar-refractivity contribution is 0.0679. The molecule has 138 valence electrons. The summed E-state index contributed by atoms with van der Waals surface area (Å²) in [5, 5.41) is 3.08. The maximum atomic E-state index is 12.5. The number of amides is 1. The average molecular weight is 353 g/mol. The van der Waals surface area contributed by atoms with Gasteiger partial charge in [-0.05, 0) is 69.0 Å². The molecule has 0 aliphatic carbocycles. The molecule has 2 aromatic rings. The zero-order chi connectivity index (χ0) is 18.5. The fraction of sp³-hybridized carbons (Fsp3) is 0.409. The van der Waals surface area contributed by atoms with Crippen LogP contribution >= 0.6 is 0 Å². The smallest absolute Gasteiger partial charge is 0.251 e. The van der Waals surface area contributed by atoms with Gasteiger partial charge in [0, 0.05) is 12.2 Å². The van der Waals surface area contributed by atoms with E-state index in [2.05, 4.69) is 37.4 Å². The van der Waals surface area contributed by atoms with Crippen molar-refractivity contribution in [2.75, 3.05) is 13.2 Å². The highest BCUT2D eigenvalue weighted by Gasteiger charge is 2.16. The van der Waals surface area contributed by atoms with Gasteiger partial charge in [0.15, 0.2) is 0 Å². The number of ether oxygens (including phenoxy) is 2. The minimum absolute atomic E-state index is 0.0437. The molecule has 4 nitrogen and oxygen atoms in total. The first-order chi connectivity index (χ1) is 12.5. The van der Waals surface area contributed by atoms with Crippen molar-refractivity contribution in [3.8, 4) is 5.75 Å². The summed E-state index contributed by atoms with van der Waals surface area (Å²) in [4.78, 5) is 12.5. The van der Waals surface area contributed by atoms with Crippen LogP contribution < -0.4 is 10.1 Å². The topological polar surface area (TPSA) is 47.6 Å². The minimum atomic E-state index is -0.0796. The van der Waals surface area contributed by atoms with E-state index < -0.39 is 0 Å². The largest absolute Gasteiger partial charge is 0.491 e. The van der Waals surface area contributed by atoms with Crippen molar-refractivity contribution in [2.24, 2.45) is 0 Å². The summed E-state index contributed by atoms with van der Waals surface area (Å²) in [5.74, 6) is 0.684. The molecule has 0 radical (unpaired) electrons. The number of aryl methyl sites for hydroxylation is 2. The number of rotatable bonds is 6. The van der Waals surface area contributed by atoms with Gasteiger partial charge in [-0.3, -0.25) is 4.79 Å². The van der Waals surface area contributed by atoms with Crippen molar-refractivity contribution < 1.29 is 14.3 Å². The van der Waals surface area contributed by atoms with Crippen LogP contribution in [-0.4, -0.2) is 25.2 Å². The zero-order valence-electron chi connectivity index (χ0n) is 15.7. The molecule has 0 bridgehead atoms. The number of nitrogens with one attached hydrogen (secondary N) is 1. The standard InChI is InChI=1S/C22H27NO3/c1-15-6-7-16(2)21(13-15)17(3)23-22(24)18-8-10-19(11-9-18)26-14-20-5-4-12-25-20/h6-11,13,17,20H,4-5,12,14H2,1-3H3,(H,23,24). The molecular formula is C22H27NO3. The molecule has 1 amide bonds. The van der Waals surface area contributed by atoms with E-state index in [0.29, 0.717) is 12.2 Å². The van der Waals surface area contributed by atoms with Crippen molar-refractivity contribution in [3.63, 3.8) is 0 Å². The Bertz CT molecular complexity index is 748. The lowest BCUT2D eigenvalue weighted by Gasteiger charge is -2.17. The van der Waals surface area contributed by atoms with Crippen LogP contribution in [-0.2, 0) is 4.74 Å². The molecule has 2 unspecified atom stereocenters. The van der Waals surface area contributed by atoms with E-state index in [-0.39, 0.29) is 18.1 Å². The van der Waals surface area contributed by atoms with Crippen LogP contribution in [0.25, 0.3) is 0 Å². The van der Waals surface area contributed by atoms with Gasteiger partial charge in [-0.15, -0.1) is 0 Å². The summed E-state index contributed by atoms with van der Waals surface area (Å²) >= 11 is 0. The average Bonchev–Trinajstić information content (AvgIpc) is 3.16. The van der Waals surface area contributed by atoms with Gasteiger partial charge in [-0.25, -0.2) is 0 Å². The van der Waals surface area contributed by atoms with Gasteiger partial charge >= 0.3 is 0 Å². The second-order valence-corrected chi connectivity index (χ2v) is 7.03. The highest BCUT2D eigenvalue weighted by Crippen LogP contribution is 2.20. The molecule has 1 saturated heterocycles. The fourth-order valence-corrected chi connectivity index (χ4v) is 3.25. The minimum Gasteiger partial charge on any atom is -0.491 e. The molecule has 2 aromatic carbocycles. The van der Waals surface area contributed by atoms with E-state index in [1.54, 1.807) is 12.1 Å². The summed E-state index contributed by atoms with van der Waals surface area (Å²) in [5.41, 5.74) is 4.15. The third-order valence-corrected chi connectivity index (χ3v) is 4.83. The SMILES string of the molecule is Cc1ccc(C)c(C(C)NC(=O)c2ccc(OCC3CCCO3)cc2)c1. The number of carbonyl (C=O) groups excluding carboxylic acids is 1. The molecule has 0 aromatic heterocycles. The Balaban J connectivity index is 1.58. The second-order valence-electron chi connectivity index (χ2n) is 7.03. The Morgan fingerprint density at radius 2 is 2.00 bits per heavy atom. The van der Waals surface area contributed by atoms with E-state index >= 15 is 0 Å². The zero-order valence-corrected chi connectivity index (χ0v) is 15.7. The predicted octanol–water partition coefficient (Wildman–Crippen LogP) is 4.35. The molecule has 0 spiro atoms. The van der Waals surface area contributed by atoms with Gasteiger partial charge in [0.1, 0.15) is 12.4 Å². The number of hydrogen-bond donors (Lipinski definition) is 1. The van der Waals surface area contributed by atoms with Gasteiger partial charge in [0.25, 0.3) is 5.91 Å². The highest BCUT2D eigenvalue weighted by atomic mass is 16.5. The number of carbonyl (C=O) groups is 1. The maximum Gasteiger partial charge on any atom is 0.251 e. The lowest BCUT2D eigenvalue weighted by Crippen LogP contribution is -2.27. The predicted molar refractivity (Wildman–Crippen MR) is 103 cm³/mol. The van der Waals surface area contributed by atoms with E-state index in [1.165, 1.54) is 11.1 Å². The number of benzene rings is 2. The monoisotopic (exact) mass is 353 g/mol. The lowest BCUT2D eigenvalue weighted by atomic mass is 10.00. The van der Waals surface area contributed by atoms with Crippen LogP contribution in [0.4, 0.5) is 0 Å². The molecule has 2 atom stereocenters. The molecule has 26 heavy (non-hydrogen) atoms. The normalized spacial score (nSPS) is 17.7. The van der Waals surface area contributed by atoms with E-state index in [4.69, 9.17) is 9.47 Å². The summed E-state index contributed by atoms with van der Waals surface area (Å²) in [6.45, 7) is 7.53. The van der Waals surface area contributed by atoms with E-state index in [0.717, 1.165) is 30.8 Å². The Hall–Kier alpha value is -2.33. The van der Waals surface area contributed by atoms with Gasteiger partial charge in [0.05, 0.1) is 12.1 Å². The summed E-state index contributed by atoms with van der Waals surface area (Å²) in [6, 6.07) is 13.5. The fourth-order valence-electron chi connectivity index (χ4n) is 3.25. The first-order valence-corrected chi connectivity index (χ1v) is 9.25. The molecule has 4 heteroatoms. The molecule has 1 aliphatic rings. The summed E-state index contributed by atoms with van der Waals surface area (Å²) < 4.78 is 11.3. The summed E-state index contributed by atoms with van der Waals surface area (Å²) in [7, 11) is 0. The highest BCUT2D eigenvalue weighted by molar-refractivity contribution is 5.94. The van der Waals surface area contributed by atoms with E-state index in [9.17, 15) is 4.79 Å². The van der Waals surface area contributed by atoms with Gasteiger partial charge in [-0.2, -0.15) is 0 Å². The Morgan fingerprint density at radius 3 is 2.69 bits per heavy atom. The third kappa shape index (κ3) is 4.64. The quantitative estimate of drug-likeness (QED) is 0.840. The summed E-state index contributed by atoms with van der Waals surface area (Å²) in [6.07, 6.45) is 2.35. The van der Waals surface area contributed by atoms with Crippen molar-refractivity contribution in [1.29, 1.82) is 0 Å². The van der Waals surface area contributed by atoms with E-state index in [1.807, 2.05) is 19.1 Å². The molecule has 1 heterocycles. The molecule has 0 saturated carbocycles. The third-order valence-electron chi connectivity index (χ3n) is 4.83. The van der Waals surface area contributed by atoms with Crippen molar-refractivity contribution in [3.05, 3.63) is 64.7 Å². The molecule has 3 rings (SSSR count). The van der Waals surface area contributed by atoms with Crippen LogP contribution in [0.1, 0.15) is 52.9 Å². The van der Waals surface area contributed by atoms with Gasteiger partial charge < -0.3 is 14.8 Å². The van der Waals surface area contributed by atoms with Crippen LogP contribution in [0.3, 0.4) is 0 Å². The second kappa shape index (κ2) is 8.37. The van der Waals surface area contributed by atoms with Crippen LogP contribution in [0.5, 0.6) is 5.75 Å². The van der Waals surface area contributed by atoms with Crippen molar-refractivity contribution >= 4 is 5.91 Å². The van der Waals surface area contributed by atoms with Gasteiger partial charge in [0.2, 0.25) is 0 Å². The maximum absolute atomic E-state index is 12.5. The van der Waals surface area contributed by atoms with Crippen molar-refractivity contribution in [2.45, 2.75) is 45.8 Å². The van der Waals surface area contributed by atoms with Crippen LogP contribution in [0.15, 0.2) is 42.5 Å². The molecule has 1 fully saturated rings. The van der Waals surface area contributed by atoms with Crippen LogP contribution in [0, 0.1) is 13.8 Å². The molecular weight excluding hydrogens is 326 g/mol.